The van der Waals surface area contributed by atoms with Crippen LogP contribution in [0.4, 0.5) is 0 Å². The van der Waals surface area contributed by atoms with Gasteiger partial charge < -0.3 is 4.74 Å². The minimum atomic E-state index is -0.325. The van der Waals surface area contributed by atoms with E-state index in [2.05, 4.69) is 26.5 Å². The summed E-state index contributed by atoms with van der Waals surface area (Å²) in [5.41, 5.74) is 4.99. The molecule has 1 N–H and O–H groups in total. The van der Waals surface area contributed by atoms with E-state index in [4.69, 9.17) is 16.3 Å². The first-order valence-electron chi connectivity index (χ1n) is 6.94. The molecule has 120 valence electrons. The molecule has 23 heavy (non-hydrogen) atoms. The number of amides is 1. The highest BCUT2D eigenvalue weighted by atomic mass is 79.9. The normalized spacial score (nSPS) is 11.2. The van der Waals surface area contributed by atoms with Gasteiger partial charge in [0, 0.05) is 9.50 Å². The van der Waals surface area contributed by atoms with Gasteiger partial charge in [0.1, 0.15) is 5.75 Å². The van der Waals surface area contributed by atoms with Crippen LogP contribution in [0.3, 0.4) is 0 Å². The van der Waals surface area contributed by atoms with Gasteiger partial charge in [-0.25, -0.2) is 5.43 Å². The number of rotatable bonds is 5. The maximum Gasteiger partial charge on any atom is 0.277 e. The monoisotopic (exact) mass is 394 g/mol. The molecule has 0 aromatic heterocycles. The second kappa shape index (κ2) is 8.13. The fourth-order valence-electron chi connectivity index (χ4n) is 1.87. The van der Waals surface area contributed by atoms with Crippen LogP contribution in [-0.4, -0.2) is 18.2 Å². The summed E-state index contributed by atoms with van der Waals surface area (Å²) in [7, 11) is 0. The number of carbonyl (C=O) groups is 1. The second-order valence-corrected chi connectivity index (χ2v) is 6.29. The molecule has 0 fully saturated rings. The van der Waals surface area contributed by atoms with Gasteiger partial charge in [-0.1, -0.05) is 39.7 Å². The summed E-state index contributed by atoms with van der Waals surface area (Å²) in [6, 6.07) is 12.9. The molecular formula is C17H16BrClN2O2. The van der Waals surface area contributed by atoms with Crippen LogP contribution in [0.15, 0.2) is 52.0 Å². The van der Waals surface area contributed by atoms with Crippen LogP contribution in [0, 0.1) is 6.92 Å². The Morgan fingerprint density at radius 1 is 1.30 bits per heavy atom. The molecule has 0 bridgehead atoms. The number of ether oxygens (including phenoxy) is 1. The molecular weight excluding hydrogens is 380 g/mol. The van der Waals surface area contributed by atoms with E-state index in [1.54, 1.807) is 18.2 Å². The minimum Gasteiger partial charge on any atom is -0.483 e. The molecule has 0 aliphatic carbocycles. The second-order valence-electron chi connectivity index (χ2n) is 4.94. The first-order chi connectivity index (χ1) is 11.0. The van der Waals surface area contributed by atoms with E-state index >= 15 is 0 Å². The smallest absolute Gasteiger partial charge is 0.277 e. The number of hydrogen-bond donors (Lipinski definition) is 1. The number of nitrogens with zero attached hydrogens (tertiary/aromatic N) is 1. The zero-order valence-electron chi connectivity index (χ0n) is 12.8. The van der Waals surface area contributed by atoms with Crippen molar-refractivity contribution in [2.24, 2.45) is 5.10 Å². The Hall–Kier alpha value is -1.85. The summed E-state index contributed by atoms with van der Waals surface area (Å²) in [4.78, 5) is 11.8. The van der Waals surface area contributed by atoms with E-state index in [-0.39, 0.29) is 12.5 Å². The molecule has 0 saturated heterocycles. The highest BCUT2D eigenvalue weighted by molar-refractivity contribution is 9.10. The van der Waals surface area contributed by atoms with E-state index in [9.17, 15) is 4.79 Å². The van der Waals surface area contributed by atoms with Crippen LogP contribution >= 0.6 is 27.5 Å². The summed E-state index contributed by atoms with van der Waals surface area (Å²) >= 11 is 9.28. The van der Waals surface area contributed by atoms with Gasteiger partial charge in [0.25, 0.3) is 5.91 Å². The standard InChI is InChI=1S/C17H16BrClN2O2/c1-11-8-15(19)6-7-16(11)23-10-17(22)21-20-12(2)13-4-3-5-14(18)9-13/h3-9H,10H2,1-2H3,(H,21,22)/b20-12+. The Labute approximate surface area is 148 Å². The van der Waals surface area contributed by atoms with E-state index in [0.717, 1.165) is 15.6 Å². The van der Waals surface area contributed by atoms with Crippen molar-refractivity contribution < 1.29 is 9.53 Å². The van der Waals surface area contributed by atoms with Gasteiger partial charge in [0.05, 0.1) is 5.71 Å². The number of hydrazone groups is 1. The van der Waals surface area contributed by atoms with Crippen molar-refractivity contribution in [2.75, 3.05) is 6.61 Å². The van der Waals surface area contributed by atoms with E-state index < -0.39 is 0 Å². The van der Waals surface area contributed by atoms with E-state index in [0.29, 0.717) is 16.5 Å². The molecule has 6 heteroatoms. The molecule has 0 aliphatic heterocycles. The average molecular weight is 396 g/mol. The van der Waals surface area contributed by atoms with Crippen molar-refractivity contribution in [1.82, 2.24) is 5.43 Å². The van der Waals surface area contributed by atoms with Crippen LogP contribution in [-0.2, 0) is 4.79 Å². The summed E-state index contributed by atoms with van der Waals surface area (Å²) < 4.78 is 6.42. The molecule has 0 spiro atoms. The lowest BCUT2D eigenvalue weighted by Gasteiger charge is -2.08. The van der Waals surface area contributed by atoms with Gasteiger partial charge >= 0.3 is 0 Å². The maximum absolute atomic E-state index is 11.8. The predicted octanol–water partition coefficient (Wildman–Crippen LogP) is 4.33. The van der Waals surface area contributed by atoms with Crippen LogP contribution in [0.25, 0.3) is 0 Å². The Morgan fingerprint density at radius 3 is 2.78 bits per heavy atom. The SMILES string of the molecule is C/C(=N\NC(=O)COc1ccc(Cl)cc1C)c1cccc(Br)c1. The third-order valence-electron chi connectivity index (χ3n) is 3.09. The number of halogens is 2. The number of nitrogens with one attached hydrogen (secondary N) is 1. The summed E-state index contributed by atoms with van der Waals surface area (Å²) in [5, 5.41) is 4.71. The van der Waals surface area contributed by atoms with Crippen LogP contribution in [0.1, 0.15) is 18.1 Å². The van der Waals surface area contributed by atoms with Gasteiger partial charge in [-0.2, -0.15) is 5.10 Å². The first kappa shape index (κ1) is 17.5. The maximum atomic E-state index is 11.8. The fraction of sp³-hybridized carbons (Fsp3) is 0.176. The lowest BCUT2D eigenvalue weighted by atomic mass is 10.1. The fourth-order valence-corrected chi connectivity index (χ4v) is 2.50. The largest absolute Gasteiger partial charge is 0.483 e. The van der Waals surface area contributed by atoms with Gasteiger partial charge in [-0.15, -0.1) is 0 Å². The number of carbonyl (C=O) groups excluding carboxylic acids is 1. The molecule has 0 heterocycles. The third kappa shape index (κ3) is 5.37. The highest BCUT2D eigenvalue weighted by Crippen LogP contribution is 2.21. The van der Waals surface area contributed by atoms with Gasteiger partial charge in [-0.3, -0.25) is 4.79 Å². The summed E-state index contributed by atoms with van der Waals surface area (Å²) in [5.74, 6) is 0.297. The molecule has 0 aliphatic rings. The lowest BCUT2D eigenvalue weighted by molar-refractivity contribution is -0.123. The molecule has 0 unspecified atom stereocenters. The average Bonchev–Trinajstić information content (AvgIpc) is 2.51. The van der Waals surface area contributed by atoms with Crippen LogP contribution < -0.4 is 10.2 Å². The van der Waals surface area contributed by atoms with E-state index in [1.807, 2.05) is 38.1 Å². The van der Waals surface area contributed by atoms with Gasteiger partial charge in [0.15, 0.2) is 6.61 Å². The quantitative estimate of drug-likeness (QED) is 0.605. The Kier molecular flexibility index (Phi) is 6.19. The Balaban J connectivity index is 1.90. The molecule has 0 atom stereocenters. The summed E-state index contributed by atoms with van der Waals surface area (Å²) in [6.45, 7) is 3.58. The predicted molar refractivity (Wildman–Crippen MR) is 96.2 cm³/mol. The van der Waals surface area contributed by atoms with Crippen molar-refractivity contribution in [3.8, 4) is 5.75 Å². The van der Waals surface area contributed by atoms with Crippen LogP contribution in [0.5, 0.6) is 5.75 Å². The van der Waals surface area contributed by atoms with Crippen LogP contribution in [0.2, 0.25) is 5.02 Å². The number of benzene rings is 2. The molecule has 1 amide bonds. The Morgan fingerprint density at radius 2 is 2.09 bits per heavy atom. The van der Waals surface area contributed by atoms with Gasteiger partial charge in [-0.05, 0) is 55.3 Å². The molecule has 2 rings (SSSR count). The minimum absolute atomic E-state index is 0.113. The Bertz CT molecular complexity index is 747. The lowest BCUT2D eigenvalue weighted by Crippen LogP contribution is -2.25. The summed E-state index contributed by atoms with van der Waals surface area (Å²) in [6.07, 6.45) is 0. The molecule has 0 radical (unpaired) electrons. The molecule has 2 aromatic carbocycles. The van der Waals surface area contributed by atoms with Crippen molar-refractivity contribution in [3.63, 3.8) is 0 Å². The number of hydrogen-bond acceptors (Lipinski definition) is 3. The highest BCUT2D eigenvalue weighted by Gasteiger charge is 2.05. The third-order valence-corrected chi connectivity index (χ3v) is 3.81. The number of aryl methyl sites for hydroxylation is 1. The van der Waals surface area contributed by atoms with Gasteiger partial charge in [0.2, 0.25) is 0 Å². The van der Waals surface area contributed by atoms with Crippen molar-refractivity contribution in [3.05, 3.63) is 63.1 Å². The van der Waals surface area contributed by atoms with Crippen molar-refractivity contribution in [2.45, 2.75) is 13.8 Å². The van der Waals surface area contributed by atoms with Crippen molar-refractivity contribution >= 4 is 39.1 Å². The zero-order chi connectivity index (χ0) is 16.8. The topological polar surface area (TPSA) is 50.7 Å². The first-order valence-corrected chi connectivity index (χ1v) is 8.11. The van der Waals surface area contributed by atoms with Crippen molar-refractivity contribution in [1.29, 1.82) is 0 Å². The van der Waals surface area contributed by atoms with E-state index in [1.165, 1.54) is 0 Å². The molecule has 0 saturated carbocycles. The zero-order valence-corrected chi connectivity index (χ0v) is 15.1. The molecule has 2 aromatic rings. The molecule has 4 nitrogen and oxygen atoms in total.